The Hall–Kier alpha value is -2.89. The molecule has 138 valence electrons. The average molecular weight is 359 g/mol. The summed E-state index contributed by atoms with van der Waals surface area (Å²) in [6.45, 7) is 0.868. The molecule has 0 radical (unpaired) electrons. The van der Waals surface area contributed by atoms with E-state index < -0.39 is 0 Å². The van der Waals surface area contributed by atoms with Gasteiger partial charge >= 0.3 is 0 Å². The van der Waals surface area contributed by atoms with Crippen LogP contribution in [0.25, 0.3) is 0 Å². The second-order valence-corrected chi connectivity index (χ2v) is 5.66. The molecule has 26 heavy (non-hydrogen) atoms. The molecule has 2 aromatic rings. The third kappa shape index (κ3) is 6.55. The molecule has 1 amide bonds. The number of carbonyl (C=O) groups excluding carboxylic acids is 2. The summed E-state index contributed by atoms with van der Waals surface area (Å²) in [6, 6.07) is 12.6. The van der Waals surface area contributed by atoms with Crippen LogP contribution in [0.15, 0.2) is 48.5 Å². The van der Waals surface area contributed by atoms with Gasteiger partial charge in [-0.25, -0.2) is 4.39 Å². The van der Waals surface area contributed by atoms with Crippen molar-refractivity contribution in [3.63, 3.8) is 0 Å². The molecule has 0 saturated carbocycles. The van der Waals surface area contributed by atoms with E-state index in [-0.39, 0.29) is 30.3 Å². The van der Waals surface area contributed by atoms with Crippen molar-refractivity contribution >= 4 is 11.7 Å². The van der Waals surface area contributed by atoms with Gasteiger partial charge in [-0.3, -0.25) is 9.59 Å². The molecule has 5 nitrogen and oxygen atoms in total. The summed E-state index contributed by atoms with van der Waals surface area (Å²) >= 11 is 0. The number of amides is 1. The fraction of sp³-hybridized carbons (Fsp3) is 0.300. The zero-order chi connectivity index (χ0) is 18.8. The predicted molar refractivity (Wildman–Crippen MR) is 96.1 cm³/mol. The number of hydrogen-bond donors (Lipinski definition) is 1. The maximum atomic E-state index is 12.8. The monoisotopic (exact) mass is 359 g/mol. The molecule has 0 aliphatic carbocycles. The van der Waals surface area contributed by atoms with Crippen LogP contribution in [-0.2, 0) is 4.79 Å². The molecule has 1 N–H and O–H groups in total. The number of ketones is 1. The Morgan fingerprint density at radius 3 is 2.27 bits per heavy atom. The zero-order valence-corrected chi connectivity index (χ0v) is 14.7. The molecule has 0 spiro atoms. The van der Waals surface area contributed by atoms with Crippen LogP contribution in [0.5, 0.6) is 11.5 Å². The van der Waals surface area contributed by atoms with Gasteiger partial charge in [0.1, 0.15) is 17.3 Å². The Morgan fingerprint density at radius 1 is 0.962 bits per heavy atom. The average Bonchev–Trinajstić information content (AvgIpc) is 2.67. The Bertz CT molecular complexity index is 714. The number of carbonyl (C=O) groups is 2. The quantitative estimate of drug-likeness (QED) is 0.522. The molecule has 6 heteroatoms. The number of halogens is 1. The molecule has 0 unspecified atom stereocenters. The lowest BCUT2D eigenvalue weighted by Crippen LogP contribution is -2.25. The Morgan fingerprint density at radius 2 is 1.62 bits per heavy atom. The normalized spacial score (nSPS) is 10.2. The smallest absolute Gasteiger partial charge is 0.220 e. The van der Waals surface area contributed by atoms with Gasteiger partial charge in [-0.15, -0.1) is 0 Å². The van der Waals surface area contributed by atoms with Gasteiger partial charge in [0.2, 0.25) is 5.91 Å². The van der Waals surface area contributed by atoms with Crippen molar-refractivity contribution in [1.29, 1.82) is 0 Å². The lowest BCUT2D eigenvalue weighted by molar-refractivity contribution is -0.121. The SMILES string of the molecule is COc1ccc(C(=O)CCC(=O)NCCCOc2ccc(F)cc2)cc1. The van der Waals surface area contributed by atoms with E-state index in [0.717, 1.165) is 0 Å². The summed E-state index contributed by atoms with van der Waals surface area (Å²) in [5, 5.41) is 2.75. The van der Waals surface area contributed by atoms with Crippen LogP contribution in [0.1, 0.15) is 29.6 Å². The highest BCUT2D eigenvalue weighted by molar-refractivity contribution is 5.98. The summed E-state index contributed by atoms with van der Waals surface area (Å²) in [6.07, 6.45) is 0.920. The van der Waals surface area contributed by atoms with Crippen molar-refractivity contribution in [2.75, 3.05) is 20.3 Å². The highest BCUT2D eigenvalue weighted by Gasteiger charge is 2.09. The summed E-state index contributed by atoms with van der Waals surface area (Å²) in [7, 11) is 1.56. The van der Waals surface area contributed by atoms with Crippen LogP contribution >= 0.6 is 0 Å². The van der Waals surface area contributed by atoms with Gasteiger partial charge in [0.15, 0.2) is 5.78 Å². The summed E-state index contributed by atoms with van der Waals surface area (Å²) < 4.78 is 23.2. The zero-order valence-electron chi connectivity index (χ0n) is 14.7. The minimum atomic E-state index is -0.311. The van der Waals surface area contributed by atoms with Gasteiger partial charge in [-0.1, -0.05) is 0 Å². The molecule has 2 aromatic carbocycles. The van der Waals surface area contributed by atoms with Crippen LogP contribution in [0.4, 0.5) is 4.39 Å². The van der Waals surface area contributed by atoms with Gasteiger partial charge in [-0.2, -0.15) is 0 Å². The maximum absolute atomic E-state index is 12.8. The Kier molecular flexibility index (Phi) is 7.61. The second-order valence-electron chi connectivity index (χ2n) is 5.66. The molecule has 0 bridgehead atoms. The molecule has 0 heterocycles. The lowest BCUT2D eigenvalue weighted by atomic mass is 10.1. The van der Waals surface area contributed by atoms with Gasteiger partial charge < -0.3 is 14.8 Å². The fourth-order valence-electron chi connectivity index (χ4n) is 2.26. The highest BCUT2D eigenvalue weighted by Crippen LogP contribution is 2.13. The first-order valence-electron chi connectivity index (χ1n) is 8.41. The van der Waals surface area contributed by atoms with Crippen molar-refractivity contribution in [3.8, 4) is 11.5 Å². The van der Waals surface area contributed by atoms with Gasteiger partial charge in [0.05, 0.1) is 13.7 Å². The summed E-state index contributed by atoms with van der Waals surface area (Å²) in [5.74, 6) is 0.704. The Balaban J connectivity index is 1.59. The van der Waals surface area contributed by atoms with E-state index in [1.54, 1.807) is 43.5 Å². The fourth-order valence-corrected chi connectivity index (χ4v) is 2.26. The van der Waals surface area contributed by atoms with Crippen molar-refractivity contribution < 1.29 is 23.5 Å². The minimum absolute atomic E-state index is 0.0811. The summed E-state index contributed by atoms with van der Waals surface area (Å²) in [4.78, 5) is 23.8. The number of methoxy groups -OCH3 is 1. The first-order valence-corrected chi connectivity index (χ1v) is 8.41. The highest BCUT2D eigenvalue weighted by atomic mass is 19.1. The van der Waals surface area contributed by atoms with E-state index in [0.29, 0.717) is 36.6 Å². The number of hydrogen-bond acceptors (Lipinski definition) is 4. The predicted octanol–water partition coefficient (Wildman–Crippen LogP) is 3.38. The van der Waals surface area contributed by atoms with Crippen LogP contribution in [-0.4, -0.2) is 32.0 Å². The van der Waals surface area contributed by atoms with Crippen LogP contribution in [0.2, 0.25) is 0 Å². The van der Waals surface area contributed by atoms with Gasteiger partial charge in [0.25, 0.3) is 0 Å². The number of rotatable bonds is 10. The Labute approximate surface area is 152 Å². The maximum Gasteiger partial charge on any atom is 0.220 e. The van der Waals surface area contributed by atoms with E-state index in [4.69, 9.17) is 9.47 Å². The van der Waals surface area contributed by atoms with Crippen LogP contribution in [0.3, 0.4) is 0 Å². The minimum Gasteiger partial charge on any atom is -0.497 e. The third-order valence-electron chi connectivity index (χ3n) is 3.72. The van der Waals surface area contributed by atoms with E-state index in [1.165, 1.54) is 12.1 Å². The number of benzene rings is 2. The molecule has 0 atom stereocenters. The molecule has 0 aliphatic heterocycles. The standard InChI is InChI=1S/C20H22FNO4/c1-25-17-7-3-15(4-8-17)19(23)11-12-20(24)22-13-2-14-26-18-9-5-16(21)6-10-18/h3-10H,2,11-14H2,1H3,(H,22,24). The third-order valence-corrected chi connectivity index (χ3v) is 3.72. The van der Waals surface area contributed by atoms with Gasteiger partial charge in [0, 0.05) is 24.9 Å². The van der Waals surface area contributed by atoms with Crippen molar-refractivity contribution in [2.45, 2.75) is 19.3 Å². The lowest BCUT2D eigenvalue weighted by Gasteiger charge is -2.07. The van der Waals surface area contributed by atoms with E-state index >= 15 is 0 Å². The molecule has 0 saturated heterocycles. The largest absolute Gasteiger partial charge is 0.497 e. The molecule has 0 aromatic heterocycles. The number of nitrogens with one attached hydrogen (secondary N) is 1. The van der Waals surface area contributed by atoms with Crippen LogP contribution < -0.4 is 14.8 Å². The number of ether oxygens (including phenoxy) is 2. The molecular formula is C20H22FNO4. The first-order chi connectivity index (χ1) is 12.6. The topological polar surface area (TPSA) is 64.6 Å². The van der Waals surface area contributed by atoms with Crippen LogP contribution in [0, 0.1) is 5.82 Å². The summed E-state index contributed by atoms with van der Waals surface area (Å²) in [5.41, 5.74) is 0.561. The second kappa shape index (κ2) is 10.2. The van der Waals surface area contributed by atoms with E-state index in [1.807, 2.05) is 0 Å². The first kappa shape index (κ1) is 19.4. The molecule has 2 rings (SSSR count). The number of Topliss-reactive ketones (excluding diaryl/α,β-unsaturated/α-hetero) is 1. The molecule has 0 fully saturated rings. The van der Waals surface area contributed by atoms with Gasteiger partial charge in [-0.05, 0) is 55.0 Å². The van der Waals surface area contributed by atoms with Crippen molar-refractivity contribution in [1.82, 2.24) is 5.32 Å². The van der Waals surface area contributed by atoms with E-state index in [9.17, 15) is 14.0 Å². The van der Waals surface area contributed by atoms with Crippen molar-refractivity contribution in [3.05, 3.63) is 59.9 Å². The molecule has 0 aliphatic rings. The van der Waals surface area contributed by atoms with E-state index in [2.05, 4.69) is 5.32 Å². The van der Waals surface area contributed by atoms with Crippen molar-refractivity contribution in [2.24, 2.45) is 0 Å². The molecular weight excluding hydrogens is 337 g/mol.